The van der Waals surface area contributed by atoms with E-state index >= 15 is 0 Å². The molecular formula is C13H20O8. The van der Waals surface area contributed by atoms with Crippen LogP contribution < -0.4 is 0 Å². The Bertz CT molecular complexity index is 432. The van der Waals surface area contributed by atoms with Crippen LogP contribution in [0.15, 0.2) is 11.1 Å². The SMILES string of the molecule is CC1=C(C)C(COC2OC(CO)C(O)C(O)C2O)OC1=O. The predicted molar refractivity (Wildman–Crippen MR) is 68.0 cm³/mol. The van der Waals surface area contributed by atoms with Crippen LogP contribution in [-0.4, -0.2) is 76.4 Å². The molecule has 2 aliphatic rings. The average Bonchev–Trinajstić information content (AvgIpc) is 2.71. The van der Waals surface area contributed by atoms with E-state index in [-0.39, 0.29) is 6.61 Å². The molecule has 0 aromatic carbocycles. The fourth-order valence-corrected chi connectivity index (χ4v) is 2.25. The highest BCUT2D eigenvalue weighted by atomic mass is 16.7. The molecule has 2 rings (SSSR count). The standard InChI is InChI=1S/C13H20O8/c1-5-6(2)12(18)20-8(5)4-19-13-11(17)10(16)9(15)7(3-14)21-13/h7-11,13-17H,3-4H2,1-2H3. The van der Waals surface area contributed by atoms with Crippen LogP contribution in [0, 0.1) is 0 Å². The van der Waals surface area contributed by atoms with Gasteiger partial charge in [0.15, 0.2) is 6.29 Å². The summed E-state index contributed by atoms with van der Waals surface area (Å²) in [5, 5.41) is 38.1. The van der Waals surface area contributed by atoms with Crippen molar-refractivity contribution in [3.8, 4) is 0 Å². The van der Waals surface area contributed by atoms with E-state index in [4.69, 9.17) is 19.3 Å². The first-order valence-corrected chi connectivity index (χ1v) is 6.67. The molecule has 0 bridgehead atoms. The maximum absolute atomic E-state index is 11.4. The third-order valence-electron chi connectivity index (χ3n) is 3.89. The average molecular weight is 304 g/mol. The van der Waals surface area contributed by atoms with Crippen molar-refractivity contribution in [1.82, 2.24) is 0 Å². The predicted octanol–water partition coefficient (Wildman–Crippen LogP) is -1.94. The molecule has 1 saturated heterocycles. The molecular weight excluding hydrogens is 284 g/mol. The molecule has 0 amide bonds. The van der Waals surface area contributed by atoms with Gasteiger partial charge in [-0.2, -0.15) is 0 Å². The Morgan fingerprint density at radius 1 is 1.14 bits per heavy atom. The maximum atomic E-state index is 11.4. The van der Waals surface area contributed by atoms with Gasteiger partial charge < -0.3 is 34.6 Å². The summed E-state index contributed by atoms with van der Waals surface area (Å²) in [4.78, 5) is 11.4. The Labute approximate surface area is 121 Å². The molecule has 0 saturated carbocycles. The highest BCUT2D eigenvalue weighted by Gasteiger charge is 2.44. The number of cyclic esters (lactones) is 1. The van der Waals surface area contributed by atoms with Crippen LogP contribution in [0.4, 0.5) is 0 Å². The second-order valence-electron chi connectivity index (χ2n) is 5.23. The Kier molecular flexibility index (Phi) is 4.97. The van der Waals surface area contributed by atoms with Crippen LogP contribution in [0.2, 0.25) is 0 Å². The summed E-state index contributed by atoms with van der Waals surface area (Å²) in [6.45, 7) is 2.80. The van der Waals surface area contributed by atoms with Crippen molar-refractivity contribution < 1.29 is 39.4 Å². The fourth-order valence-electron chi connectivity index (χ4n) is 2.25. The molecule has 120 valence electrons. The van der Waals surface area contributed by atoms with Gasteiger partial charge in [0.05, 0.1) is 13.2 Å². The summed E-state index contributed by atoms with van der Waals surface area (Å²) in [6.07, 6.45) is -7.23. The van der Waals surface area contributed by atoms with E-state index < -0.39 is 49.4 Å². The molecule has 8 heteroatoms. The highest BCUT2D eigenvalue weighted by molar-refractivity contribution is 5.91. The summed E-state index contributed by atoms with van der Waals surface area (Å²) in [5.74, 6) is -0.421. The van der Waals surface area contributed by atoms with Gasteiger partial charge in [-0.25, -0.2) is 4.79 Å². The monoisotopic (exact) mass is 304 g/mol. The molecule has 0 spiro atoms. The number of carbonyl (C=O) groups excluding carboxylic acids is 1. The molecule has 0 aromatic heterocycles. The largest absolute Gasteiger partial charge is 0.452 e. The van der Waals surface area contributed by atoms with Crippen molar-refractivity contribution in [2.45, 2.75) is 50.7 Å². The minimum Gasteiger partial charge on any atom is -0.452 e. The van der Waals surface area contributed by atoms with Gasteiger partial charge in [0.1, 0.15) is 30.5 Å². The lowest BCUT2D eigenvalue weighted by Gasteiger charge is -2.39. The van der Waals surface area contributed by atoms with E-state index in [1.807, 2.05) is 0 Å². The van der Waals surface area contributed by atoms with Crippen LogP contribution in [0.25, 0.3) is 0 Å². The van der Waals surface area contributed by atoms with E-state index in [9.17, 15) is 20.1 Å². The van der Waals surface area contributed by atoms with Crippen molar-refractivity contribution >= 4 is 5.97 Å². The molecule has 6 unspecified atom stereocenters. The normalized spacial score (nSPS) is 40.6. The van der Waals surface area contributed by atoms with Crippen molar-refractivity contribution in [1.29, 1.82) is 0 Å². The number of hydrogen-bond donors (Lipinski definition) is 4. The zero-order valence-corrected chi connectivity index (χ0v) is 11.8. The van der Waals surface area contributed by atoms with Crippen molar-refractivity contribution in [3.05, 3.63) is 11.1 Å². The minimum atomic E-state index is -1.49. The summed E-state index contributed by atoms with van der Waals surface area (Å²) in [6, 6.07) is 0. The van der Waals surface area contributed by atoms with E-state index in [0.717, 1.165) is 5.57 Å². The molecule has 21 heavy (non-hydrogen) atoms. The van der Waals surface area contributed by atoms with Crippen molar-refractivity contribution in [3.63, 3.8) is 0 Å². The zero-order chi connectivity index (χ0) is 15.7. The van der Waals surface area contributed by atoms with Crippen molar-refractivity contribution in [2.75, 3.05) is 13.2 Å². The summed E-state index contributed by atoms with van der Waals surface area (Å²) >= 11 is 0. The molecule has 0 aromatic rings. The number of hydrogen-bond acceptors (Lipinski definition) is 8. The topological polar surface area (TPSA) is 126 Å². The van der Waals surface area contributed by atoms with Crippen molar-refractivity contribution in [2.24, 2.45) is 0 Å². The van der Waals surface area contributed by atoms with Crippen LogP contribution in [0.3, 0.4) is 0 Å². The van der Waals surface area contributed by atoms with Crippen LogP contribution in [0.1, 0.15) is 13.8 Å². The third kappa shape index (κ3) is 3.10. The molecule has 0 radical (unpaired) electrons. The minimum absolute atomic E-state index is 0.0579. The first-order valence-electron chi connectivity index (χ1n) is 6.67. The fraction of sp³-hybridized carbons (Fsp3) is 0.769. The lowest BCUT2D eigenvalue weighted by atomic mass is 9.99. The van der Waals surface area contributed by atoms with Gasteiger partial charge in [0.2, 0.25) is 0 Å². The number of ether oxygens (including phenoxy) is 3. The summed E-state index contributed by atoms with van der Waals surface area (Å²) in [7, 11) is 0. The maximum Gasteiger partial charge on any atom is 0.334 e. The number of aliphatic hydroxyl groups is 4. The molecule has 0 aliphatic carbocycles. The van der Waals surface area contributed by atoms with E-state index in [0.29, 0.717) is 5.57 Å². The lowest BCUT2D eigenvalue weighted by Crippen LogP contribution is -2.59. The lowest BCUT2D eigenvalue weighted by molar-refractivity contribution is -0.303. The van der Waals surface area contributed by atoms with E-state index in [2.05, 4.69) is 0 Å². The number of carbonyl (C=O) groups is 1. The van der Waals surface area contributed by atoms with Gasteiger partial charge in [-0.1, -0.05) is 0 Å². The summed E-state index contributed by atoms with van der Waals surface area (Å²) in [5.41, 5.74) is 1.24. The summed E-state index contributed by atoms with van der Waals surface area (Å²) < 4.78 is 15.6. The quantitative estimate of drug-likeness (QED) is 0.442. The van der Waals surface area contributed by atoms with Gasteiger partial charge in [-0.05, 0) is 19.4 Å². The molecule has 2 aliphatic heterocycles. The number of esters is 1. The van der Waals surface area contributed by atoms with Crippen LogP contribution in [-0.2, 0) is 19.0 Å². The smallest absolute Gasteiger partial charge is 0.334 e. The first-order chi connectivity index (χ1) is 9.86. The Morgan fingerprint density at radius 3 is 2.33 bits per heavy atom. The second kappa shape index (κ2) is 6.39. The second-order valence-corrected chi connectivity index (χ2v) is 5.23. The highest BCUT2D eigenvalue weighted by Crippen LogP contribution is 2.25. The molecule has 4 N–H and O–H groups in total. The van der Waals surface area contributed by atoms with E-state index in [1.165, 1.54) is 0 Å². The molecule has 8 nitrogen and oxygen atoms in total. The molecule has 1 fully saturated rings. The Hall–Kier alpha value is -1.03. The first kappa shape index (κ1) is 16.3. The molecule has 6 atom stereocenters. The van der Waals surface area contributed by atoms with Crippen LogP contribution >= 0.6 is 0 Å². The van der Waals surface area contributed by atoms with Gasteiger partial charge >= 0.3 is 5.97 Å². The Morgan fingerprint density at radius 2 is 1.81 bits per heavy atom. The van der Waals surface area contributed by atoms with Crippen LogP contribution in [0.5, 0.6) is 0 Å². The third-order valence-corrected chi connectivity index (χ3v) is 3.89. The van der Waals surface area contributed by atoms with Gasteiger partial charge in [0.25, 0.3) is 0 Å². The van der Waals surface area contributed by atoms with Gasteiger partial charge in [-0.3, -0.25) is 0 Å². The van der Waals surface area contributed by atoms with Gasteiger partial charge in [-0.15, -0.1) is 0 Å². The number of rotatable bonds is 4. The molecule has 2 heterocycles. The Balaban J connectivity index is 1.95. The van der Waals surface area contributed by atoms with E-state index in [1.54, 1.807) is 13.8 Å². The zero-order valence-electron chi connectivity index (χ0n) is 11.8. The van der Waals surface area contributed by atoms with Gasteiger partial charge in [0, 0.05) is 5.57 Å². The number of aliphatic hydroxyl groups excluding tert-OH is 4.